The predicted octanol–water partition coefficient (Wildman–Crippen LogP) is 2.68. The van der Waals surface area contributed by atoms with Crippen LogP contribution in [0.1, 0.15) is 41.0 Å². The maximum atomic E-state index is 5.28. The fourth-order valence-corrected chi connectivity index (χ4v) is 1.14. The maximum absolute atomic E-state index is 5.28. The first-order valence-electron chi connectivity index (χ1n) is 5.72. The lowest BCUT2D eigenvalue weighted by molar-refractivity contribution is 0.116. The van der Waals surface area contributed by atoms with Crippen LogP contribution in [0.5, 0.6) is 0 Å². The highest BCUT2D eigenvalue weighted by atomic mass is 16.5. The summed E-state index contributed by atoms with van der Waals surface area (Å²) in [6, 6.07) is 0. The van der Waals surface area contributed by atoms with Gasteiger partial charge in [0.15, 0.2) is 0 Å². The smallest absolute Gasteiger partial charge is 0.0506 e. The second kappa shape index (κ2) is 14.4. The highest BCUT2D eigenvalue weighted by Gasteiger charge is 2.13. The summed E-state index contributed by atoms with van der Waals surface area (Å²) >= 11 is 0. The molecule has 0 spiro atoms. The number of hydrogen-bond acceptors (Lipinski definition) is 2. The zero-order valence-electron chi connectivity index (χ0n) is 10.0. The molecule has 0 bridgehead atoms. The van der Waals surface area contributed by atoms with Gasteiger partial charge in [0.1, 0.15) is 0 Å². The predicted molar refractivity (Wildman–Crippen MR) is 60.2 cm³/mol. The van der Waals surface area contributed by atoms with Crippen LogP contribution in [0.2, 0.25) is 0 Å². The molecule has 13 heavy (non-hydrogen) atoms. The summed E-state index contributed by atoms with van der Waals surface area (Å²) in [5.41, 5.74) is 0. The average Bonchev–Trinajstić information content (AvgIpc) is 2.73. The Morgan fingerprint density at radius 1 is 1.23 bits per heavy atom. The van der Waals surface area contributed by atoms with Crippen molar-refractivity contribution in [3.8, 4) is 0 Å². The van der Waals surface area contributed by atoms with Crippen LogP contribution >= 0.6 is 0 Å². The minimum atomic E-state index is 0.782. The normalized spacial score (nSPS) is 19.6. The van der Waals surface area contributed by atoms with Crippen LogP contribution in [0.3, 0.4) is 0 Å². The Morgan fingerprint density at radius 2 is 1.85 bits per heavy atom. The molecule has 0 aromatic carbocycles. The van der Waals surface area contributed by atoms with E-state index in [0.717, 1.165) is 25.7 Å². The topological polar surface area (TPSA) is 21.3 Å². The van der Waals surface area contributed by atoms with Crippen molar-refractivity contribution in [1.82, 2.24) is 5.32 Å². The highest BCUT2D eigenvalue weighted by Crippen LogP contribution is 2.06. The number of rotatable bonds is 3. The summed E-state index contributed by atoms with van der Waals surface area (Å²) in [7, 11) is 0. The van der Waals surface area contributed by atoms with Crippen molar-refractivity contribution >= 4 is 0 Å². The molecule has 0 radical (unpaired) electrons. The van der Waals surface area contributed by atoms with Gasteiger partial charge in [0, 0.05) is 13.2 Å². The van der Waals surface area contributed by atoms with Crippen LogP contribution in [0.25, 0.3) is 0 Å². The molecule has 2 heteroatoms. The Hall–Kier alpha value is -0.0800. The zero-order valence-corrected chi connectivity index (χ0v) is 10.0. The molecule has 1 heterocycles. The molecule has 1 rings (SSSR count). The van der Waals surface area contributed by atoms with Crippen LogP contribution in [-0.4, -0.2) is 26.3 Å². The van der Waals surface area contributed by atoms with Crippen molar-refractivity contribution in [2.75, 3.05) is 26.3 Å². The van der Waals surface area contributed by atoms with Gasteiger partial charge in [-0.25, -0.2) is 0 Å². The van der Waals surface area contributed by atoms with E-state index in [1.54, 1.807) is 0 Å². The lowest BCUT2D eigenvalue weighted by atomic mass is 10.1. The van der Waals surface area contributed by atoms with Gasteiger partial charge >= 0.3 is 0 Å². The number of ether oxygens (including phenoxy) is 1. The second-order valence-electron chi connectivity index (χ2n) is 2.52. The standard InChI is InChI=1S/C7H15NO.2C2H6/c1-2-9-6-7-3-4-8-5-7;2*1-2/h7-8H,2-6H2,1H3;2*1-2H3. The summed E-state index contributed by atoms with van der Waals surface area (Å²) in [5.74, 6) is 0.782. The fourth-order valence-electron chi connectivity index (χ4n) is 1.14. The molecule has 0 amide bonds. The molecule has 1 atom stereocenters. The SMILES string of the molecule is CC.CC.CCOCC1CCNC1. The van der Waals surface area contributed by atoms with Crippen molar-refractivity contribution in [2.45, 2.75) is 41.0 Å². The summed E-state index contributed by atoms with van der Waals surface area (Å²) in [5, 5.41) is 3.30. The van der Waals surface area contributed by atoms with Crippen molar-refractivity contribution in [3.63, 3.8) is 0 Å². The van der Waals surface area contributed by atoms with E-state index >= 15 is 0 Å². The largest absolute Gasteiger partial charge is 0.381 e. The molecule has 0 saturated carbocycles. The molecule has 0 aromatic rings. The highest BCUT2D eigenvalue weighted by molar-refractivity contribution is 4.69. The molecule has 1 N–H and O–H groups in total. The summed E-state index contributed by atoms with van der Waals surface area (Å²) in [6.07, 6.45) is 1.29. The van der Waals surface area contributed by atoms with E-state index in [4.69, 9.17) is 4.74 Å². The second-order valence-corrected chi connectivity index (χ2v) is 2.52. The van der Waals surface area contributed by atoms with E-state index < -0.39 is 0 Å². The molecule has 2 nitrogen and oxygen atoms in total. The average molecular weight is 189 g/mol. The third kappa shape index (κ3) is 9.84. The van der Waals surface area contributed by atoms with E-state index in [1.165, 1.54) is 13.0 Å². The molecule has 1 aliphatic rings. The number of nitrogens with one attached hydrogen (secondary N) is 1. The van der Waals surface area contributed by atoms with Gasteiger partial charge < -0.3 is 10.1 Å². The molecule has 82 valence electrons. The Morgan fingerprint density at radius 3 is 2.23 bits per heavy atom. The zero-order chi connectivity index (χ0) is 10.5. The van der Waals surface area contributed by atoms with Crippen LogP contribution in [0.4, 0.5) is 0 Å². The monoisotopic (exact) mass is 189 g/mol. The van der Waals surface area contributed by atoms with Crippen molar-refractivity contribution in [1.29, 1.82) is 0 Å². The lowest BCUT2D eigenvalue weighted by Crippen LogP contribution is -2.13. The van der Waals surface area contributed by atoms with Gasteiger partial charge in [0.25, 0.3) is 0 Å². The Labute approximate surface area is 84.1 Å². The van der Waals surface area contributed by atoms with E-state index in [-0.39, 0.29) is 0 Å². The van der Waals surface area contributed by atoms with Crippen LogP contribution < -0.4 is 5.32 Å². The minimum Gasteiger partial charge on any atom is -0.381 e. The molecule has 0 aliphatic carbocycles. The van der Waals surface area contributed by atoms with E-state index in [1.807, 2.05) is 34.6 Å². The van der Waals surface area contributed by atoms with Crippen LogP contribution in [0.15, 0.2) is 0 Å². The maximum Gasteiger partial charge on any atom is 0.0506 e. The first-order chi connectivity index (χ1) is 6.43. The van der Waals surface area contributed by atoms with Crippen LogP contribution in [0, 0.1) is 5.92 Å². The lowest BCUT2D eigenvalue weighted by Gasteiger charge is -2.05. The molecular weight excluding hydrogens is 162 g/mol. The summed E-state index contributed by atoms with van der Waals surface area (Å²) in [4.78, 5) is 0. The van der Waals surface area contributed by atoms with Gasteiger partial charge in [-0.3, -0.25) is 0 Å². The van der Waals surface area contributed by atoms with Gasteiger partial charge in [0.05, 0.1) is 6.61 Å². The molecule has 1 saturated heterocycles. The molecular formula is C11H27NO. The van der Waals surface area contributed by atoms with Gasteiger partial charge in [0.2, 0.25) is 0 Å². The Kier molecular flexibility index (Phi) is 17.1. The third-order valence-corrected chi connectivity index (χ3v) is 1.72. The first-order valence-corrected chi connectivity index (χ1v) is 5.72. The van der Waals surface area contributed by atoms with Crippen molar-refractivity contribution in [3.05, 3.63) is 0 Å². The van der Waals surface area contributed by atoms with Crippen LogP contribution in [-0.2, 0) is 4.74 Å². The minimum absolute atomic E-state index is 0.782. The van der Waals surface area contributed by atoms with Crippen molar-refractivity contribution in [2.24, 2.45) is 5.92 Å². The third-order valence-electron chi connectivity index (χ3n) is 1.72. The van der Waals surface area contributed by atoms with Gasteiger partial charge in [-0.05, 0) is 25.8 Å². The Bertz CT molecular complexity index is 70.5. The van der Waals surface area contributed by atoms with Crippen molar-refractivity contribution < 1.29 is 4.74 Å². The Balaban J connectivity index is 0. The first kappa shape index (κ1) is 15.4. The number of hydrogen-bond donors (Lipinski definition) is 1. The molecule has 1 aliphatic heterocycles. The van der Waals surface area contributed by atoms with Gasteiger partial charge in [-0.15, -0.1) is 0 Å². The molecule has 1 fully saturated rings. The van der Waals surface area contributed by atoms with Gasteiger partial charge in [-0.1, -0.05) is 27.7 Å². The fraction of sp³-hybridized carbons (Fsp3) is 1.00. The van der Waals surface area contributed by atoms with E-state index in [0.29, 0.717) is 0 Å². The summed E-state index contributed by atoms with van der Waals surface area (Å²) < 4.78 is 5.28. The molecule has 0 aromatic heterocycles. The van der Waals surface area contributed by atoms with E-state index in [2.05, 4.69) is 5.32 Å². The summed E-state index contributed by atoms with van der Waals surface area (Å²) in [6.45, 7) is 14.2. The quantitative estimate of drug-likeness (QED) is 0.737. The molecule has 1 unspecified atom stereocenters. The van der Waals surface area contributed by atoms with Gasteiger partial charge in [-0.2, -0.15) is 0 Å². The van der Waals surface area contributed by atoms with E-state index in [9.17, 15) is 0 Å².